The highest BCUT2D eigenvalue weighted by Gasteiger charge is 2.14. The Kier molecular flexibility index (Phi) is 4.88. The number of rotatable bonds is 6. The number of pyridine rings is 1. The lowest BCUT2D eigenvalue weighted by Crippen LogP contribution is -2.11. The lowest BCUT2D eigenvalue weighted by molar-refractivity contribution is 0.534. The zero-order valence-corrected chi connectivity index (χ0v) is 13.9. The van der Waals surface area contributed by atoms with E-state index in [1.54, 1.807) is 6.07 Å². The van der Waals surface area contributed by atoms with Crippen LogP contribution in [0.4, 0.5) is 5.95 Å². The second-order valence-corrected chi connectivity index (χ2v) is 6.63. The third kappa shape index (κ3) is 3.97. The Morgan fingerprint density at radius 1 is 1.24 bits per heavy atom. The number of anilines is 1. The van der Waals surface area contributed by atoms with E-state index in [1.165, 1.54) is 0 Å². The number of halogens is 1. The van der Waals surface area contributed by atoms with Gasteiger partial charge in [0.05, 0.1) is 0 Å². The van der Waals surface area contributed by atoms with E-state index in [1.807, 2.05) is 6.07 Å². The second kappa shape index (κ2) is 6.48. The fourth-order valence-corrected chi connectivity index (χ4v) is 2.46. The molecule has 0 fully saturated rings. The average Bonchev–Trinajstić information content (AvgIpc) is 2.65. The Bertz CT molecular complexity index is 643. The molecule has 2 heterocycles. The number of aromatic nitrogens is 3. The maximum absolute atomic E-state index is 6.02. The van der Waals surface area contributed by atoms with Crippen LogP contribution in [0.25, 0.3) is 11.2 Å². The van der Waals surface area contributed by atoms with E-state index in [0.717, 1.165) is 35.8 Å². The fourth-order valence-electron chi connectivity index (χ4n) is 2.31. The van der Waals surface area contributed by atoms with Crippen LogP contribution in [0.2, 0.25) is 5.15 Å². The van der Waals surface area contributed by atoms with Gasteiger partial charge in [-0.1, -0.05) is 45.9 Å². The van der Waals surface area contributed by atoms with E-state index < -0.39 is 0 Å². The molecule has 114 valence electrons. The first kappa shape index (κ1) is 15.8. The van der Waals surface area contributed by atoms with Crippen molar-refractivity contribution in [3.63, 3.8) is 0 Å². The minimum atomic E-state index is 0.486. The van der Waals surface area contributed by atoms with Crippen LogP contribution in [-0.4, -0.2) is 14.5 Å². The van der Waals surface area contributed by atoms with Crippen LogP contribution >= 0.6 is 11.6 Å². The smallest absolute Gasteiger partial charge is 0.209 e. The summed E-state index contributed by atoms with van der Waals surface area (Å²) >= 11 is 6.02. The van der Waals surface area contributed by atoms with Crippen molar-refractivity contribution in [1.29, 1.82) is 0 Å². The van der Waals surface area contributed by atoms with E-state index >= 15 is 0 Å². The molecule has 0 aliphatic heterocycles. The molecular weight excluding hydrogens is 284 g/mol. The molecule has 0 atom stereocenters. The molecule has 0 saturated heterocycles. The highest BCUT2D eigenvalue weighted by atomic mass is 35.5. The maximum atomic E-state index is 6.02. The van der Waals surface area contributed by atoms with E-state index in [9.17, 15) is 0 Å². The van der Waals surface area contributed by atoms with Crippen molar-refractivity contribution in [3.05, 3.63) is 29.6 Å². The normalized spacial score (nSPS) is 11.6. The Morgan fingerprint density at radius 3 is 2.57 bits per heavy atom. The molecule has 0 unspecified atom stereocenters. The van der Waals surface area contributed by atoms with Crippen molar-refractivity contribution in [1.82, 2.24) is 14.5 Å². The molecule has 0 bridgehead atoms. The second-order valence-electron chi connectivity index (χ2n) is 6.24. The van der Waals surface area contributed by atoms with Gasteiger partial charge in [-0.25, -0.2) is 9.97 Å². The summed E-state index contributed by atoms with van der Waals surface area (Å²) in [7, 11) is 0. The van der Waals surface area contributed by atoms with Crippen molar-refractivity contribution in [3.8, 4) is 0 Å². The summed E-state index contributed by atoms with van der Waals surface area (Å²) in [5.41, 5.74) is 2.63. The zero-order valence-electron chi connectivity index (χ0n) is 13.2. The number of fused-ring (bicyclic) bond motifs is 1. The van der Waals surface area contributed by atoms with Gasteiger partial charge in [0, 0.05) is 12.2 Å². The molecule has 0 amide bonds. The molecule has 0 radical (unpaired) electrons. The van der Waals surface area contributed by atoms with Gasteiger partial charge >= 0.3 is 0 Å². The van der Waals surface area contributed by atoms with Gasteiger partial charge < -0.3 is 5.32 Å². The predicted octanol–water partition coefficient (Wildman–Crippen LogP) is 4.71. The lowest BCUT2D eigenvalue weighted by atomic mass is 10.1. The summed E-state index contributed by atoms with van der Waals surface area (Å²) in [6, 6.07) is 3.67. The summed E-state index contributed by atoms with van der Waals surface area (Å²) < 4.78 is 2.08. The number of allylic oxidation sites excluding steroid dienone is 1. The van der Waals surface area contributed by atoms with Crippen LogP contribution in [0.5, 0.6) is 0 Å². The van der Waals surface area contributed by atoms with E-state index in [2.05, 4.69) is 54.1 Å². The summed E-state index contributed by atoms with van der Waals surface area (Å²) in [5.74, 6) is 1.83. The molecule has 2 aromatic rings. The summed E-state index contributed by atoms with van der Waals surface area (Å²) in [4.78, 5) is 9.04. The summed E-state index contributed by atoms with van der Waals surface area (Å²) in [6.07, 6.45) is 0.916. The topological polar surface area (TPSA) is 42.7 Å². The Balaban J connectivity index is 2.39. The number of imidazole rings is 1. The summed E-state index contributed by atoms with van der Waals surface area (Å²) in [5, 5.41) is 3.82. The van der Waals surface area contributed by atoms with Crippen LogP contribution in [0.1, 0.15) is 34.1 Å². The standard InChI is InChI=1S/C16H23ClN4/c1-10(2)8-12(5)18-16-19-13-6-7-14(17)20-15(13)21(16)9-11(3)4/h6-7,10-11H,5,8-9H2,1-4H3,(H,18,19). The van der Waals surface area contributed by atoms with Crippen molar-refractivity contribution in [2.24, 2.45) is 11.8 Å². The van der Waals surface area contributed by atoms with E-state index in [-0.39, 0.29) is 0 Å². The number of nitrogens with zero attached hydrogens (tertiary/aromatic N) is 3. The molecule has 0 aliphatic carbocycles. The summed E-state index contributed by atoms with van der Waals surface area (Å²) in [6.45, 7) is 13.6. The quantitative estimate of drug-likeness (QED) is 0.786. The largest absolute Gasteiger partial charge is 0.330 e. The number of hydrogen-bond donors (Lipinski definition) is 1. The highest BCUT2D eigenvalue weighted by molar-refractivity contribution is 6.29. The van der Waals surface area contributed by atoms with Gasteiger partial charge in [0.25, 0.3) is 0 Å². The van der Waals surface area contributed by atoms with Crippen LogP contribution in [0, 0.1) is 11.8 Å². The zero-order chi connectivity index (χ0) is 15.6. The molecule has 0 aliphatic rings. The molecule has 2 aromatic heterocycles. The van der Waals surface area contributed by atoms with Gasteiger partial charge in [0.15, 0.2) is 5.65 Å². The lowest BCUT2D eigenvalue weighted by Gasteiger charge is -2.14. The first-order valence-electron chi connectivity index (χ1n) is 7.34. The molecule has 0 aromatic carbocycles. The van der Waals surface area contributed by atoms with Gasteiger partial charge in [-0.15, -0.1) is 0 Å². The van der Waals surface area contributed by atoms with Gasteiger partial charge in [-0.05, 0) is 30.4 Å². The van der Waals surface area contributed by atoms with Crippen molar-refractivity contribution >= 4 is 28.7 Å². The van der Waals surface area contributed by atoms with Gasteiger partial charge in [-0.3, -0.25) is 4.57 Å². The van der Waals surface area contributed by atoms with Gasteiger partial charge in [-0.2, -0.15) is 0 Å². The molecular formula is C16H23ClN4. The maximum Gasteiger partial charge on any atom is 0.209 e. The minimum absolute atomic E-state index is 0.486. The van der Waals surface area contributed by atoms with E-state index in [4.69, 9.17) is 11.6 Å². The van der Waals surface area contributed by atoms with Crippen LogP contribution in [0.3, 0.4) is 0 Å². The van der Waals surface area contributed by atoms with E-state index in [0.29, 0.717) is 17.0 Å². The molecule has 1 N–H and O–H groups in total. The van der Waals surface area contributed by atoms with Gasteiger partial charge in [0.1, 0.15) is 10.7 Å². The Labute approximate surface area is 131 Å². The Hall–Kier alpha value is -1.55. The first-order chi connectivity index (χ1) is 9.86. The molecule has 21 heavy (non-hydrogen) atoms. The van der Waals surface area contributed by atoms with Crippen LogP contribution < -0.4 is 5.32 Å². The van der Waals surface area contributed by atoms with Crippen LogP contribution in [-0.2, 0) is 6.54 Å². The Morgan fingerprint density at radius 2 is 1.95 bits per heavy atom. The molecule has 0 spiro atoms. The van der Waals surface area contributed by atoms with Crippen LogP contribution in [0.15, 0.2) is 24.4 Å². The third-order valence-electron chi connectivity index (χ3n) is 3.05. The van der Waals surface area contributed by atoms with Crippen molar-refractivity contribution in [2.75, 3.05) is 5.32 Å². The fraction of sp³-hybridized carbons (Fsp3) is 0.500. The van der Waals surface area contributed by atoms with Crippen molar-refractivity contribution in [2.45, 2.75) is 40.7 Å². The number of hydrogen-bond acceptors (Lipinski definition) is 3. The molecule has 0 saturated carbocycles. The number of nitrogens with one attached hydrogen (secondary N) is 1. The SMILES string of the molecule is C=C(CC(C)C)Nc1nc2ccc(Cl)nc2n1CC(C)C. The average molecular weight is 307 g/mol. The molecule has 2 rings (SSSR count). The first-order valence-corrected chi connectivity index (χ1v) is 7.72. The monoisotopic (exact) mass is 306 g/mol. The van der Waals surface area contributed by atoms with Crippen molar-refractivity contribution < 1.29 is 0 Å². The minimum Gasteiger partial charge on any atom is -0.330 e. The highest BCUT2D eigenvalue weighted by Crippen LogP contribution is 2.23. The molecule has 5 heteroatoms. The van der Waals surface area contributed by atoms with Gasteiger partial charge in [0.2, 0.25) is 5.95 Å². The predicted molar refractivity (Wildman–Crippen MR) is 89.6 cm³/mol. The molecule has 4 nitrogen and oxygen atoms in total. The third-order valence-corrected chi connectivity index (χ3v) is 3.26.